The van der Waals surface area contributed by atoms with Crippen LogP contribution in [0.3, 0.4) is 0 Å². The molecule has 3 aromatic rings. The topological polar surface area (TPSA) is 80.3 Å². The van der Waals surface area contributed by atoms with Gasteiger partial charge in [-0.05, 0) is 42.5 Å². The normalized spacial score (nSPS) is 10.1. The number of ether oxygens (including phenoxy) is 1. The Hall–Kier alpha value is -3.38. The van der Waals surface area contributed by atoms with Crippen LogP contribution in [0, 0.1) is 0 Å². The van der Waals surface area contributed by atoms with Crippen molar-refractivity contribution in [1.29, 1.82) is 0 Å². The fourth-order valence-electron chi connectivity index (χ4n) is 2.38. The summed E-state index contributed by atoms with van der Waals surface area (Å²) in [5.41, 5.74) is 2.24. The van der Waals surface area contributed by atoms with E-state index in [-0.39, 0.29) is 5.91 Å². The van der Waals surface area contributed by atoms with Crippen LogP contribution in [-0.4, -0.2) is 24.0 Å². The van der Waals surface area contributed by atoms with Crippen LogP contribution < -0.4 is 10.6 Å². The second-order valence-electron chi connectivity index (χ2n) is 5.56. The van der Waals surface area contributed by atoms with Gasteiger partial charge in [0.05, 0.1) is 35.1 Å². The van der Waals surface area contributed by atoms with Gasteiger partial charge in [0.1, 0.15) is 5.82 Å². The molecule has 1 heterocycles. The van der Waals surface area contributed by atoms with E-state index >= 15 is 0 Å². The number of rotatable bonds is 5. The molecular formula is C20H16ClN3O3. The SMILES string of the molecule is COC(=O)c1cccc(Nc2ccc(NC(=O)c3ccccc3Cl)nc2)c1. The van der Waals surface area contributed by atoms with Crippen molar-refractivity contribution in [2.75, 3.05) is 17.7 Å². The van der Waals surface area contributed by atoms with Crippen molar-refractivity contribution in [3.63, 3.8) is 0 Å². The molecule has 2 N–H and O–H groups in total. The molecule has 0 fully saturated rings. The predicted molar refractivity (Wildman–Crippen MR) is 105 cm³/mol. The smallest absolute Gasteiger partial charge is 0.337 e. The van der Waals surface area contributed by atoms with Crippen molar-refractivity contribution in [2.45, 2.75) is 0 Å². The van der Waals surface area contributed by atoms with Gasteiger partial charge in [0.15, 0.2) is 0 Å². The number of nitrogens with one attached hydrogen (secondary N) is 2. The van der Waals surface area contributed by atoms with E-state index in [1.807, 2.05) is 6.07 Å². The third-order valence-corrected chi connectivity index (χ3v) is 4.03. The molecule has 0 atom stereocenters. The van der Waals surface area contributed by atoms with Gasteiger partial charge < -0.3 is 15.4 Å². The molecule has 7 heteroatoms. The van der Waals surface area contributed by atoms with E-state index in [0.29, 0.717) is 33.3 Å². The highest BCUT2D eigenvalue weighted by Gasteiger charge is 2.10. The molecule has 3 rings (SSSR count). The first kappa shape index (κ1) is 18.4. The minimum absolute atomic E-state index is 0.334. The van der Waals surface area contributed by atoms with E-state index < -0.39 is 5.97 Å². The summed E-state index contributed by atoms with van der Waals surface area (Å²) in [4.78, 5) is 28.1. The summed E-state index contributed by atoms with van der Waals surface area (Å²) in [5, 5.41) is 6.21. The average Bonchev–Trinajstić information content (AvgIpc) is 2.69. The van der Waals surface area contributed by atoms with E-state index in [2.05, 4.69) is 15.6 Å². The Kier molecular flexibility index (Phi) is 5.68. The Bertz CT molecular complexity index is 974. The molecule has 0 aliphatic rings. The maximum absolute atomic E-state index is 12.2. The van der Waals surface area contributed by atoms with Gasteiger partial charge in [-0.1, -0.05) is 29.8 Å². The standard InChI is InChI=1S/C20H16ClN3O3/c1-27-20(26)13-5-4-6-14(11-13)23-15-9-10-18(22-12-15)24-19(25)16-7-2-3-8-17(16)21/h2-12,23H,1H3,(H,22,24,25). The lowest BCUT2D eigenvalue weighted by atomic mass is 10.2. The first-order chi connectivity index (χ1) is 13.1. The number of methoxy groups -OCH3 is 1. The van der Waals surface area contributed by atoms with Crippen LogP contribution in [0.25, 0.3) is 0 Å². The number of pyridine rings is 1. The summed E-state index contributed by atoms with van der Waals surface area (Å²) >= 11 is 6.02. The Morgan fingerprint density at radius 2 is 1.81 bits per heavy atom. The van der Waals surface area contributed by atoms with Crippen molar-refractivity contribution in [2.24, 2.45) is 0 Å². The molecule has 0 aliphatic heterocycles. The minimum atomic E-state index is -0.408. The molecule has 0 spiro atoms. The molecule has 0 bridgehead atoms. The van der Waals surface area contributed by atoms with E-state index in [0.717, 1.165) is 0 Å². The van der Waals surface area contributed by atoms with E-state index in [1.54, 1.807) is 60.8 Å². The van der Waals surface area contributed by atoms with Crippen LogP contribution in [-0.2, 0) is 4.74 Å². The van der Waals surface area contributed by atoms with Gasteiger partial charge >= 0.3 is 5.97 Å². The van der Waals surface area contributed by atoms with Gasteiger partial charge in [-0.3, -0.25) is 4.79 Å². The number of esters is 1. The fraction of sp³-hybridized carbons (Fsp3) is 0.0500. The Labute approximate surface area is 161 Å². The number of hydrogen-bond donors (Lipinski definition) is 2. The number of halogens is 1. The van der Waals surface area contributed by atoms with Gasteiger partial charge in [-0.2, -0.15) is 0 Å². The fourth-order valence-corrected chi connectivity index (χ4v) is 2.60. The van der Waals surface area contributed by atoms with Crippen LogP contribution >= 0.6 is 11.6 Å². The zero-order chi connectivity index (χ0) is 19.2. The van der Waals surface area contributed by atoms with Crippen molar-refractivity contribution in [3.05, 3.63) is 83.0 Å². The molecule has 1 amide bonds. The lowest BCUT2D eigenvalue weighted by Crippen LogP contribution is -2.13. The largest absolute Gasteiger partial charge is 0.465 e. The van der Waals surface area contributed by atoms with Crippen LogP contribution in [0.1, 0.15) is 20.7 Å². The highest BCUT2D eigenvalue weighted by molar-refractivity contribution is 6.34. The summed E-state index contributed by atoms with van der Waals surface area (Å²) in [7, 11) is 1.34. The second-order valence-corrected chi connectivity index (χ2v) is 5.97. The molecule has 136 valence electrons. The Morgan fingerprint density at radius 3 is 2.52 bits per heavy atom. The van der Waals surface area contributed by atoms with Gasteiger partial charge in [-0.15, -0.1) is 0 Å². The highest BCUT2D eigenvalue weighted by atomic mass is 35.5. The number of anilines is 3. The second kappa shape index (κ2) is 8.33. The predicted octanol–water partition coefficient (Wildman–Crippen LogP) is 4.52. The number of amides is 1. The van der Waals surface area contributed by atoms with Crippen LogP contribution in [0.15, 0.2) is 66.9 Å². The molecule has 6 nitrogen and oxygen atoms in total. The van der Waals surface area contributed by atoms with E-state index in [4.69, 9.17) is 16.3 Å². The number of hydrogen-bond acceptors (Lipinski definition) is 5. The molecular weight excluding hydrogens is 366 g/mol. The van der Waals surface area contributed by atoms with Crippen LogP contribution in [0.2, 0.25) is 5.02 Å². The molecule has 0 radical (unpaired) electrons. The molecule has 0 saturated carbocycles. The van der Waals surface area contributed by atoms with Gasteiger partial charge in [0.2, 0.25) is 0 Å². The number of carbonyl (C=O) groups is 2. The number of benzene rings is 2. The molecule has 2 aromatic carbocycles. The molecule has 1 aromatic heterocycles. The first-order valence-electron chi connectivity index (χ1n) is 8.04. The zero-order valence-electron chi connectivity index (χ0n) is 14.4. The van der Waals surface area contributed by atoms with Crippen molar-refractivity contribution in [3.8, 4) is 0 Å². The summed E-state index contributed by atoms with van der Waals surface area (Å²) in [6.07, 6.45) is 1.58. The lowest BCUT2D eigenvalue weighted by Gasteiger charge is -2.09. The molecule has 0 unspecified atom stereocenters. The van der Waals surface area contributed by atoms with Gasteiger partial charge in [0, 0.05) is 5.69 Å². The third-order valence-electron chi connectivity index (χ3n) is 3.70. The maximum Gasteiger partial charge on any atom is 0.337 e. The van der Waals surface area contributed by atoms with Crippen molar-refractivity contribution < 1.29 is 14.3 Å². The van der Waals surface area contributed by atoms with Crippen LogP contribution in [0.4, 0.5) is 17.2 Å². The highest BCUT2D eigenvalue weighted by Crippen LogP contribution is 2.20. The van der Waals surface area contributed by atoms with E-state index in [9.17, 15) is 9.59 Å². The zero-order valence-corrected chi connectivity index (χ0v) is 15.2. The number of carbonyl (C=O) groups excluding carboxylic acids is 2. The van der Waals surface area contributed by atoms with Gasteiger partial charge in [-0.25, -0.2) is 9.78 Å². The molecule has 27 heavy (non-hydrogen) atoms. The first-order valence-corrected chi connectivity index (χ1v) is 8.42. The lowest BCUT2D eigenvalue weighted by molar-refractivity contribution is 0.0600. The summed E-state index contributed by atoms with van der Waals surface area (Å²) in [5.74, 6) is -0.345. The van der Waals surface area contributed by atoms with Crippen molar-refractivity contribution in [1.82, 2.24) is 4.98 Å². The maximum atomic E-state index is 12.2. The third kappa shape index (κ3) is 4.62. The molecule has 0 aliphatic carbocycles. The summed E-state index contributed by atoms with van der Waals surface area (Å²) in [6, 6.07) is 17.1. The quantitative estimate of drug-likeness (QED) is 0.635. The molecule has 0 saturated heterocycles. The average molecular weight is 382 g/mol. The van der Waals surface area contributed by atoms with E-state index in [1.165, 1.54) is 7.11 Å². The van der Waals surface area contributed by atoms with Crippen molar-refractivity contribution >= 4 is 40.7 Å². The summed E-state index contributed by atoms with van der Waals surface area (Å²) < 4.78 is 4.71. The Morgan fingerprint density at radius 1 is 1.00 bits per heavy atom. The van der Waals surface area contributed by atoms with Crippen LogP contribution in [0.5, 0.6) is 0 Å². The van der Waals surface area contributed by atoms with Gasteiger partial charge in [0.25, 0.3) is 5.91 Å². The minimum Gasteiger partial charge on any atom is -0.465 e. The summed E-state index contributed by atoms with van der Waals surface area (Å²) in [6.45, 7) is 0. The number of aromatic nitrogens is 1. The number of nitrogens with zero attached hydrogens (tertiary/aromatic N) is 1. The Balaban J connectivity index is 1.68. The monoisotopic (exact) mass is 381 g/mol.